The largest absolute Gasteiger partial charge is 0.369 e. The Morgan fingerprint density at radius 1 is 1.00 bits per heavy atom. The van der Waals surface area contributed by atoms with Gasteiger partial charge in [-0.05, 0) is 52.1 Å². The van der Waals surface area contributed by atoms with E-state index < -0.39 is 0 Å². The Morgan fingerprint density at radius 3 is 2.32 bits per heavy atom. The van der Waals surface area contributed by atoms with E-state index in [1.807, 2.05) is 0 Å². The van der Waals surface area contributed by atoms with Crippen LogP contribution >= 0.6 is 0 Å². The minimum absolute atomic E-state index is 0.0720. The molecule has 1 aliphatic rings. The van der Waals surface area contributed by atoms with Crippen LogP contribution in [0.25, 0.3) is 0 Å². The second-order valence-electron chi connectivity index (χ2n) is 7.50. The maximum Gasteiger partial charge on any atom is 0.249 e. The highest BCUT2D eigenvalue weighted by molar-refractivity contribution is 5.59. The van der Waals surface area contributed by atoms with Crippen LogP contribution in [-0.2, 0) is 0 Å². The van der Waals surface area contributed by atoms with E-state index in [0.717, 1.165) is 31.9 Å². The normalized spacial score (nSPS) is 15.9. The molecule has 0 unspecified atom stereocenters. The zero-order valence-corrected chi connectivity index (χ0v) is 15.5. The molecule has 0 saturated carbocycles. The Kier molecular flexibility index (Phi) is 5.03. The maximum absolute atomic E-state index is 4.46. The highest BCUT2D eigenvalue weighted by atomic mass is 15.3. The van der Waals surface area contributed by atoms with Crippen molar-refractivity contribution in [2.24, 2.45) is 0 Å². The molecule has 25 heavy (non-hydrogen) atoms. The summed E-state index contributed by atoms with van der Waals surface area (Å²) in [5.74, 6) is 1.20. The van der Waals surface area contributed by atoms with E-state index in [4.69, 9.17) is 0 Å². The molecule has 134 valence electrons. The lowest BCUT2D eigenvalue weighted by Gasteiger charge is -2.34. The van der Waals surface area contributed by atoms with Gasteiger partial charge in [-0.1, -0.05) is 0 Å². The predicted octanol–water partition coefficient (Wildman–Crippen LogP) is 2.58. The number of nitrogens with one attached hydrogen (secondary N) is 2. The van der Waals surface area contributed by atoms with Gasteiger partial charge in [0.05, 0.1) is 6.20 Å². The first-order valence-electron chi connectivity index (χ1n) is 8.67. The molecule has 7 heteroatoms. The number of hydrogen-bond donors (Lipinski definition) is 2. The molecule has 1 aromatic heterocycles. The molecule has 0 bridgehead atoms. The standard InChI is InChI=1S/C18H27N7/c1-18(2,3)22-16-13-19-23-17(21-16)20-14-5-7-15(8-6-14)25-11-9-24(4)10-12-25/h5-8,13H,9-12H2,1-4H3,(H2,20,21,22,23). The van der Waals surface area contributed by atoms with Crippen molar-refractivity contribution < 1.29 is 0 Å². The summed E-state index contributed by atoms with van der Waals surface area (Å²) in [5.41, 5.74) is 2.13. The van der Waals surface area contributed by atoms with Crippen molar-refractivity contribution in [1.82, 2.24) is 20.1 Å². The van der Waals surface area contributed by atoms with E-state index in [2.05, 4.69) is 87.7 Å². The fourth-order valence-corrected chi connectivity index (χ4v) is 2.75. The Labute approximate surface area is 149 Å². The summed E-state index contributed by atoms with van der Waals surface area (Å²) in [6.45, 7) is 10.6. The summed E-state index contributed by atoms with van der Waals surface area (Å²) >= 11 is 0. The zero-order chi connectivity index (χ0) is 17.9. The van der Waals surface area contributed by atoms with Gasteiger partial charge in [-0.3, -0.25) is 0 Å². The number of likely N-dealkylation sites (N-methyl/N-ethyl adjacent to an activating group) is 1. The fraction of sp³-hybridized carbons (Fsp3) is 0.500. The SMILES string of the molecule is CN1CCN(c2ccc(Nc3nncc(NC(C)(C)C)n3)cc2)CC1. The van der Waals surface area contributed by atoms with Gasteiger partial charge in [-0.2, -0.15) is 10.1 Å². The van der Waals surface area contributed by atoms with E-state index >= 15 is 0 Å². The lowest BCUT2D eigenvalue weighted by molar-refractivity contribution is 0.313. The van der Waals surface area contributed by atoms with Crippen LogP contribution in [0.4, 0.5) is 23.1 Å². The topological polar surface area (TPSA) is 69.2 Å². The lowest BCUT2D eigenvalue weighted by atomic mass is 10.1. The molecule has 0 aliphatic carbocycles. The van der Waals surface area contributed by atoms with Crippen molar-refractivity contribution >= 4 is 23.1 Å². The number of rotatable bonds is 4. The number of nitrogens with zero attached hydrogens (tertiary/aromatic N) is 5. The minimum atomic E-state index is -0.0720. The van der Waals surface area contributed by atoms with Crippen LogP contribution in [0.3, 0.4) is 0 Å². The van der Waals surface area contributed by atoms with E-state index in [-0.39, 0.29) is 5.54 Å². The molecule has 1 fully saturated rings. The van der Waals surface area contributed by atoms with Crippen LogP contribution in [0.1, 0.15) is 20.8 Å². The molecule has 0 atom stereocenters. The highest BCUT2D eigenvalue weighted by Gasteiger charge is 2.14. The summed E-state index contributed by atoms with van der Waals surface area (Å²) < 4.78 is 0. The molecule has 0 spiro atoms. The first kappa shape index (κ1) is 17.4. The van der Waals surface area contributed by atoms with Gasteiger partial charge in [0.15, 0.2) is 5.82 Å². The van der Waals surface area contributed by atoms with E-state index in [0.29, 0.717) is 11.8 Å². The van der Waals surface area contributed by atoms with Crippen molar-refractivity contribution in [1.29, 1.82) is 0 Å². The van der Waals surface area contributed by atoms with Crippen LogP contribution in [0.15, 0.2) is 30.5 Å². The average molecular weight is 341 g/mol. The van der Waals surface area contributed by atoms with Gasteiger partial charge < -0.3 is 20.4 Å². The average Bonchev–Trinajstić information content (AvgIpc) is 2.55. The van der Waals surface area contributed by atoms with Crippen molar-refractivity contribution in [3.63, 3.8) is 0 Å². The Bertz CT molecular complexity index is 685. The van der Waals surface area contributed by atoms with E-state index in [9.17, 15) is 0 Å². The van der Waals surface area contributed by atoms with Crippen molar-refractivity contribution in [2.75, 3.05) is 48.8 Å². The second kappa shape index (κ2) is 7.23. The van der Waals surface area contributed by atoms with Crippen molar-refractivity contribution in [3.8, 4) is 0 Å². The Morgan fingerprint density at radius 2 is 1.68 bits per heavy atom. The summed E-state index contributed by atoms with van der Waals surface area (Å²) in [5, 5.41) is 14.6. The summed E-state index contributed by atoms with van der Waals surface area (Å²) in [6.07, 6.45) is 1.63. The molecule has 0 amide bonds. The summed E-state index contributed by atoms with van der Waals surface area (Å²) in [6, 6.07) is 8.39. The quantitative estimate of drug-likeness (QED) is 0.886. The van der Waals surface area contributed by atoms with Gasteiger partial charge >= 0.3 is 0 Å². The molecule has 3 rings (SSSR count). The lowest BCUT2D eigenvalue weighted by Crippen LogP contribution is -2.44. The second-order valence-corrected chi connectivity index (χ2v) is 7.50. The van der Waals surface area contributed by atoms with Crippen molar-refractivity contribution in [3.05, 3.63) is 30.5 Å². The first-order chi connectivity index (χ1) is 11.9. The molecule has 1 aromatic carbocycles. The first-order valence-corrected chi connectivity index (χ1v) is 8.67. The Balaban J connectivity index is 1.64. The summed E-state index contributed by atoms with van der Waals surface area (Å²) in [7, 11) is 2.17. The minimum Gasteiger partial charge on any atom is -0.369 e. The number of hydrogen-bond acceptors (Lipinski definition) is 7. The van der Waals surface area contributed by atoms with Crippen LogP contribution in [-0.4, -0.2) is 58.8 Å². The van der Waals surface area contributed by atoms with Crippen molar-refractivity contribution in [2.45, 2.75) is 26.3 Å². The number of benzene rings is 1. The molecule has 1 aliphatic heterocycles. The third-order valence-corrected chi connectivity index (χ3v) is 4.05. The molecule has 7 nitrogen and oxygen atoms in total. The van der Waals surface area contributed by atoms with E-state index in [1.165, 1.54) is 5.69 Å². The molecule has 2 aromatic rings. The van der Waals surface area contributed by atoms with Gasteiger partial charge in [0.1, 0.15) is 0 Å². The molecular weight excluding hydrogens is 314 g/mol. The monoisotopic (exact) mass is 341 g/mol. The fourth-order valence-electron chi connectivity index (χ4n) is 2.75. The number of piperazine rings is 1. The third kappa shape index (κ3) is 5.03. The van der Waals surface area contributed by atoms with Crippen LogP contribution in [0.2, 0.25) is 0 Å². The zero-order valence-electron chi connectivity index (χ0n) is 15.5. The molecule has 2 N–H and O–H groups in total. The van der Waals surface area contributed by atoms with Gasteiger partial charge in [0.25, 0.3) is 0 Å². The van der Waals surface area contributed by atoms with Gasteiger partial charge in [-0.15, -0.1) is 5.10 Å². The smallest absolute Gasteiger partial charge is 0.249 e. The third-order valence-electron chi connectivity index (χ3n) is 4.05. The molecule has 1 saturated heterocycles. The molecular formula is C18H27N7. The number of anilines is 4. The predicted molar refractivity (Wildman–Crippen MR) is 103 cm³/mol. The van der Waals surface area contributed by atoms with Crippen LogP contribution < -0.4 is 15.5 Å². The Hall–Kier alpha value is -2.41. The van der Waals surface area contributed by atoms with Crippen LogP contribution in [0, 0.1) is 0 Å². The number of aromatic nitrogens is 3. The van der Waals surface area contributed by atoms with E-state index in [1.54, 1.807) is 6.20 Å². The maximum atomic E-state index is 4.46. The summed E-state index contributed by atoms with van der Waals surface area (Å²) in [4.78, 5) is 9.23. The molecule has 2 heterocycles. The van der Waals surface area contributed by atoms with Gasteiger partial charge in [0, 0.05) is 43.1 Å². The molecule has 0 radical (unpaired) electrons. The van der Waals surface area contributed by atoms with Crippen LogP contribution in [0.5, 0.6) is 0 Å². The van der Waals surface area contributed by atoms with Gasteiger partial charge in [-0.25, -0.2) is 0 Å². The highest BCUT2D eigenvalue weighted by Crippen LogP contribution is 2.21. The van der Waals surface area contributed by atoms with Gasteiger partial charge in [0.2, 0.25) is 5.95 Å².